The number of furan rings is 1. The predicted octanol–water partition coefficient (Wildman–Crippen LogP) is 5.48. The molecular weight excluding hydrogens is 369 g/mol. The van der Waals surface area contributed by atoms with E-state index in [1.807, 2.05) is 24.3 Å². The standard InChI is InChI=1S/C21H15F3N2O2/c1-13-8-14(10-15(9-13)21(22,23)24)11-26-18-5-3-2-4-17(18)20(25-26)19-7-6-16(12-27)28-19/h2-10,12H,11H2,1H3. The lowest BCUT2D eigenvalue weighted by molar-refractivity contribution is -0.137. The van der Waals surface area contributed by atoms with E-state index in [0.717, 1.165) is 23.0 Å². The molecule has 0 amide bonds. The Hall–Kier alpha value is -3.35. The van der Waals surface area contributed by atoms with E-state index in [2.05, 4.69) is 5.10 Å². The molecule has 0 bridgehead atoms. The summed E-state index contributed by atoms with van der Waals surface area (Å²) in [5, 5.41) is 5.34. The fourth-order valence-electron chi connectivity index (χ4n) is 3.26. The molecule has 0 unspecified atom stereocenters. The van der Waals surface area contributed by atoms with Crippen LogP contribution in [-0.4, -0.2) is 16.1 Å². The fourth-order valence-corrected chi connectivity index (χ4v) is 3.26. The molecule has 4 rings (SSSR count). The van der Waals surface area contributed by atoms with Crippen molar-refractivity contribution in [3.63, 3.8) is 0 Å². The van der Waals surface area contributed by atoms with E-state index >= 15 is 0 Å². The minimum Gasteiger partial charge on any atom is -0.452 e. The monoisotopic (exact) mass is 384 g/mol. The molecule has 0 atom stereocenters. The lowest BCUT2D eigenvalue weighted by Gasteiger charge is -2.11. The molecule has 0 N–H and O–H groups in total. The summed E-state index contributed by atoms with van der Waals surface area (Å²) >= 11 is 0. The molecule has 2 aromatic carbocycles. The van der Waals surface area contributed by atoms with Crippen molar-refractivity contribution in [1.29, 1.82) is 0 Å². The van der Waals surface area contributed by atoms with Gasteiger partial charge in [-0.1, -0.05) is 29.8 Å². The van der Waals surface area contributed by atoms with Crippen molar-refractivity contribution in [3.05, 3.63) is 77.0 Å². The Bertz CT molecular complexity index is 1170. The number of hydrogen-bond acceptors (Lipinski definition) is 3. The first kappa shape index (κ1) is 18.0. The van der Waals surface area contributed by atoms with Crippen molar-refractivity contribution in [2.24, 2.45) is 0 Å². The topological polar surface area (TPSA) is 48.0 Å². The number of nitrogens with zero attached hydrogens (tertiary/aromatic N) is 2. The van der Waals surface area contributed by atoms with Crippen LogP contribution >= 0.6 is 0 Å². The van der Waals surface area contributed by atoms with Crippen LogP contribution in [-0.2, 0) is 12.7 Å². The molecule has 0 aliphatic rings. The van der Waals surface area contributed by atoms with E-state index in [-0.39, 0.29) is 12.3 Å². The van der Waals surface area contributed by atoms with Crippen molar-refractivity contribution in [2.75, 3.05) is 0 Å². The maximum Gasteiger partial charge on any atom is 0.416 e. The summed E-state index contributed by atoms with van der Waals surface area (Å²) in [7, 11) is 0. The van der Waals surface area contributed by atoms with Crippen LogP contribution in [0.25, 0.3) is 22.4 Å². The normalized spacial score (nSPS) is 11.9. The maximum atomic E-state index is 13.1. The maximum absolute atomic E-state index is 13.1. The van der Waals surface area contributed by atoms with E-state index in [1.165, 1.54) is 0 Å². The van der Waals surface area contributed by atoms with Crippen molar-refractivity contribution in [3.8, 4) is 11.5 Å². The summed E-state index contributed by atoms with van der Waals surface area (Å²) in [4.78, 5) is 10.9. The second kappa shape index (κ2) is 6.67. The molecule has 0 spiro atoms. The molecule has 0 radical (unpaired) electrons. The molecule has 0 fully saturated rings. The third-order valence-electron chi connectivity index (χ3n) is 4.43. The van der Waals surface area contributed by atoms with Gasteiger partial charge in [-0.05, 0) is 42.8 Å². The molecule has 0 aliphatic carbocycles. The number of rotatable bonds is 4. The third kappa shape index (κ3) is 3.31. The minimum absolute atomic E-state index is 0.173. The number of carbonyl (C=O) groups excluding carboxylic acids is 1. The summed E-state index contributed by atoms with van der Waals surface area (Å²) in [6.45, 7) is 1.81. The van der Waals surface area contributed by atoms with Gasteiger partial charge in [0.25, 0.3) is 0 Å². The van der Waals surface area contributed by atoms with E-state index in [1.54, 1.807) is 29.8 Å². The molecule has 142 valence electrons. The van der Waals surface area contributed by atoms with E-state index in [9.17, 15) is 18.0 Å². The number of aromatic nitrogens is 2. The predicted molar refractivity (Wildman–Crippen MR) is 98.1 cm³/mol. The van der Waals surface area contributed by atoms with Crippen molar-refractivity contribution < 1.29 is 22.4 Å². The van der Waals surface area contributed by atoms with Gasteiger partial charge < -0.3 is 4.42 Å². The smallest absolute Gasteiger partial charge is 0.416 e. The number of alkyl halides is 3. The fraction of sp³-hybridized carbons (Fsp3) is 0.143. The van der Waals surface area contributed by atoms with Gasteiger partial charge in [-0.15, -0.1) is 0 Å². The number of aldehydes is 1. The Labute approximate surface area is 158 Å². The Morgan fingerprint density at radius 2 is 1.89 bits per heavy atom. The van der Waals surface area contributed by atoms with Crippen LogP contribution in [0.15, 0.2) is 59.0 Å². The van der Waals surface area contributed by atoms with Crippen LogP contribution in [0.1, 0.15) is 27.2 Å². The summed E-state index contributed by atoms with van der Waals surface area (Å²) in [6, 6.07) is 14.5. The summed E-state index contributed by atoms with van der Waals surface area (Å²) in [5.41, 5.74) is 1.65. The lowest BCUT2D eigenvalue weighted by atomic mass is 10.1. The first-order chi connectivity index (χ1) is 13.3. The highest BCUT2D eigenvalue weighted by Crippen LogP contribution is 2.32. The Morgan fingerprint density at radius 1 is 1.11 bits per heavy atom. The van der Waals surface area contributed by atoms with Crippen LogP contribution in [0.2, 0.25) is 0 Å². The van der Waals surface area contributed by atoms with Gasteiger partial charge in [-0.25, -0.2) is 0 Å². The lowest BCUT2D eigenvalue weighted by Crippen LogP contribution is -2.08. The molecule has 28 heavy (non-hydrogen) atoms. The summed E-state index contributed by atoms with van der Waals surface area (Å²) in [6.07, 6.45) is -3.80. The Balaban J connectivity index is 1.80. The highest BCUT2D eigenvalue weighted by Gasteiger charge is 2.31. The quantitative estimate of drug-likeness (QED) is 0.438. The van der Waals surface area contributed by atoms with Crippen LogP contribution in [0, 0.1) is 6.92 Å². The molecule has 4 aromatic rings. The van der Waals surface area contributed by atoms with Crippen LogP contribution in [0.3, 0.4) is 0 Å². The van der Waals surface area contributed by atoms with E-state index in [4.69, 9.17) is 4.42 Å². The molecule has 4 nitrogen and oxygen atoms in total. The third-order valence-corrected chi connectivity index (χ3v) is 4.43. The molecule has 7 heteroatoms. The van der Waals surface area contributed by atoms with E-state index in [0.29, 0.717) is 28.9 Å². The molecule has 0 aliphatic heterocycles. The van der Waals surface area contributed by atoms with Gasteiger partial charge in [0.1, 0.15) is 5.69 Å². The van der Waals surface area contributed by atoms with Gasteiger partial charge in [0.15, 0.2) is 17.8 Å². The number of para-hydroxylation sites is 1. The SMILES string of the molecule is Cc1cc(Cn2nc(-c3ccc(C=O)o3)c3ccccc32)cc(C(F)(F)F)c1. The van der Waals surface area contributed by atoms with Gasteiger partial charge in [-0.3, -0.25) is 9.48 Å². The second-order valence-corrected chi connectivity index (χ2v) is 6.55. The minimum atomic E-state index is -4.41. The van der Waals surface area contributed by atoms with Crippen LogP contribution in [0.4, 0.5) is 13.2 Å². The number of fused-ring (bicyclic) bond motifs is 1. The number of benzene rings is 2. The zero-order valence-corrected chi connectivity index (χ0v) is 14.8. The largest absolute Gasteiger partial charge is 0.452 e. The van der Waals surface area contributed by atoms with Crippen molar-refractivity contribution in [1.82, 2.24) is 9.78 Å². The first-order valence-corrected chi connectivity index (χ1v) is 8.54. The average Bonchev–Trinajstić information content (AvgIpc) is 3.25. The zero-order chi connectivity index (χ0) is 19.9. The number of halogens is 3. The molecular formula is C21H15F3N2O2. The van der Waals surface area contributed by atoms with Gasteiger partial charge in [0, 0.05) is 5.39 Å². The second-order valence-electron chi connectivity index (χ2n) is 6.55. The van der Waals surface area contributed by atoms with Gasteiger partial charge >= 0.3 is 6.18 Å². The highest BCUT2D eigenvalue weighted by molar-refractivity contribution is 5.92. The van der Waals surface area contributed by atoms with E-state index < -0.39 is 11.7 Å². The Kier molecular flexibility index (Phi) is 4.30. The first-order valence-electron chi connectivity index (χ1n) is 8.54. The Morgan fingerprint density at radius 3 is 2.61 bits per heavy atom. The van der Waals surface area contributed by atoms with Gasteiger partial charge in [0.2, 0.25) is 0 Å². The number of hydrogen-bond donors (Lipinski definition) is 0. The molecule has 0 saturated carbocycles. The number of aryl methyl sites for hydroxylation is 1. The van der Waals surface area contributed by atoms with Crippen LogP contribution < -0.4 is 0 Å². The average molecular weight is 384 g/mol. The number of carbonyl (C=O) groups is 1. The molecule has 0 saturated heterocycles. The molecule has 2 aromatic heterocycles. The van der Waals surface area contributed by atoms with Gasteiger partial charge in [0.05, 0.1) is 17.6 Å². The zero-order valence-electron chi connectivity index (χ0n) is 14.8. The summed E-state index contributed by atoms with van der Waals surface area (Å²) in [5.74, 6) is 0.611. The molecule has 2 heterocycles. The van der Waals surface area contributed by atoms with Gasteiger partial charge in [-0.2, -0.15) is 18.3 Å². The van der Waals surface area contributed by atoms with Crippen LogP contribution in [0.5, 0.6) is 0 Å². The highest BCUT2D eigenvalue weighted by atomic mass is 19.4. The van der Waals surface area contributed by atoms with Crippen molar-refractivity contribution >= 4 is 17.2 Å². The van der Waals surface area contributed by atoms with Crippen molar-refractivity contribution in [2.45, 2.75) is 19.6 Å². The summed E-state index contributed by atoms with van der Waals surface area (Å²) < 4.78 is 46.5.